The molecule has 1 aromatic carbocycles. The summed E-state index contributed by atoms with van der Waals surface area (Å²) in [6.45, 7) is 5.81. The first-order valence-corrected chi connectivity index (χ1v) is 7.95. The molecule has 9 heteroatoms. The van der Waals surface area contributed by atoms with Gasteiger partial charge in [0.25, 0.3) is 0 Å². The van der Waals surface area contributed by atoms with E-state index in [4.69, 9.17) is 0 Å². The molecule has 0 radical (unpaired) electrons. The Morgan fingerprint density at radius 3 is 2.87 bits per heavy atom. The molecule has 1 N–H and O–H groups in total. The SMILES string of the molecule is CCOC(=O)NC(=O)CSc1nnnn1-c1cc(C)ccc1C. The lowest BCUT2D eigenvalue weighted by molar-refractivity contribution is -0.117. The van der Waals surface area contributed by atoms with E-state index in [1.165, 1.54) is 0 Å². The van der Waals surface area contributed by atoms with E-state index in [0.717, 1.165) is 28.6 Å². The molecule has 1 heterocycles. The van der Waals surface area contributed by atoms with E-state index >= 15 is 0 Å². The number of alkyl carbamates (subject to hydrolysis) is 1. The maximum absolute atomic E-state index is 11.7. The van der Waals surface area contributed by atoms with Crippen LogP contribution < -0.4 is 5.32 Å². The third-order valence-electron chi connectivity index (χ3n) is 2.88. The van der Waals surface area contributed by atoms with E-state index in [-0.39, 0.29) is 12.4 Å². The maximum atomic E-state index is 11.7. The molecule has 0 saturated carbocycles. The second kappa shape index (κ2) is 7.73. The number of aromatic nitrogens is 4. The Morgan fingerprint density at radius 2 is 2.13 bits per heavy atom. The molecule has 0 spiro atoms. The van der Waals surface area contributed by atoms with E-state index in [1.54, 1.807) is 11.6 Å². The van der Waals surface area contributed by atoms with Gasteiger partial charge in [-0.1, -0.05) is 23.9 Å². The molecule has 0 aliphatic carbocycles. The molecule has 2 amide bonds. The summed E-state index contributed by atoms with van der Waals surface area (Å²) >= 11 is 1.14. The summed E-state index contributed by atoms with van der Waals surface area (Å²) in [5.41, 5.74) is 2.95. The number of benzene rings is 1. The Labute approximate surface area is 137 Å². The van der Waals surface area contributed by atoms with Crippen molar-refractivity contribution < 1.29 is 14.3 Å². The van der Waals surface area contributed by atoms with Crippen LogP contribution >= 0.6 is 11.8 Å². The highest BCUT2D eigenvalue weighted by Crippen LogP contribution is 2.21. The minimum atomic E-state index is -0.757. The molecule has 2 aromatic rings. The third kappa shape index (κ3) is 4.52. The summed E-state index contributed by atoms with van der Waals surface area (Å²) in [5.74, 6) is -0.465. The zero-order valence-electron chi connectivity index (χ0n) is 13.1. The van der Waals surface area contributed by atoms with Crippen LogP contribution in [-0.2, 0) is 9.53 Å². The Balaban J connectivity index is 2.06. The Bertz CT molecular complexity index is 716. The highest BCUT2D eigenvalue weighted by atomic mass is 32.2. The molecule has 1 aromatic heterocycles. The van der Waals surface area contributed by atoms with Crippen LogP contribution in [0, 0.1) is 13.8 Å². The fourth-order valence-corrected chi connectivity index (χ4v) is 2.50. The lowest BCUT2D eigenvalue weighted by Gasteiger charge is -2.08. The van der Waals surface area contributed by atoms with Crippen molar-refractivity contribution in [3.8, 4) is 5.69 Å². The van der Waals surface area contributed by atoms with Crippen LogP contribution in [0.3, 0.4) is 0 Å². The summed E-state index contributed by atoms with van der Waals surface area (Å²) in [6.07, 6.45) is -0.757. The maximum Gasteiger partial charge on any atom is 0.413 e. The Hall–Kier alpha value is -2.42. The van der Waals surface area contributed by atoms with Gasteiger partial charge in [0.1, 0.15) is 0 Å². The highest BCUT2D eigenvalue weighted by molar-refractivity contribution is 7.99. The first-order valence-electron chi connectivity index (χ1n) is 6.96. The van der Waals surface area contributed by atoms with Gasteiger partial charge in [0.15, 0.2) is 0 Å². The van der Waals surface area contributed by atoms with E-state index in [0.29, 0.717) is 5.16 Å². The third-order valence-corrected chi connectivity index (χ3v) is 3.80. The van der Waals surface area contributed by atoms with Gasteiger partial charge in [-0.25, -0.2) is 4.79 Å². The minimum Gasteiger partial charge on any atom is -0.450 e. The summed E-state index contributed by atoms with van der Waals surface area (Å²) in [6, 6.07) is 5.95. The molecular formula is C14H17N5O3S. The quantitative estimate of drug-likeness (QED) is 0.829. The minimum absolute atomic E-state index is 0.00402. The number of carbonyl (C=O) groups is 2. The standard InChI is InChI=1S/C14H17N5O3S/c1-4-22-14(21)15-12(20)8-23-13-16-17-18-19(13)11-7-9(2)5-6-10(11)3/h5-7H,4,8H2,1-3H3,(H,15,20,21). The number of hydrogen-bond acceptors (Lipinski definition) is 7. The van der Waals surface area contributed by atoms with Gasteiger partial charge in [-0.15, -0.1) is 5.10 Å². The van der Waals surface area contributed by atoms with Crippen molar-refractivity contribution in [1.29, 1.82) is 0 Å². The van der Waals surface area contributed by atoms with Crippen molar-refractivity contribution in [2.45, 2.75) is 25.9 Å². The van der Waals surface area contributed by atoms with E-state index < -0.39 is 12.0 Å². The van der Waals surface area contributed by atoms with E-state index in [2.05, 4.69) is 25.6 Å². The number of ether oxygens (including phenoxy) is 1. The van der Waals surface area contributed by atoms with Gasteiger partial charge in [0.05, 0.1) is 18.0 Å². The number of aryl methyl sites for hydroxylation is 2. The lowest BCUT2D eigenvalue weighted by atomic mass is 10.1. The van der Waals surface area contributed by atoms with Crippen LogP contribution in [0.4, 0.5) is 4.79 Å². The molecule has 23 heavy (non-hydrogen) atoms. The molecule has 2 rings (SSSR count). The van der Waals surface area contributed by atoms with Crippen LogP contribution in [0.1, 0.15) is 18.1 Å². The fraction of sp³-hybridized carbons (Fsp3) is 0.357. The zero-order chi connectivity index (χ0) is 16.8. The smallest absolute Gasteiger partial charge is 0.413 e. The molecule has 0 aliphatic rings. The molecule has 0 aliphatic heterocycles. The van der Waals surface area contributed by atoms with E-state index in [1.807, 2.05) is 32.0 Å². The number of tetrazole rings is 1. The number of nitrogens with one attached hydrogen (secondary N) is 1. The summed E-state index contributed by atoms with van der Waals surface area (Å²) in [5, 5.41) is 14.1. The Kier molecular flexibility index (Phi) is 5.69. The number of rotatable bonds is 5. The average molecular weight is 335 g/mol. The monoisotopic (exact) mass is 335 g/mol. The van der Waals surface area contributed by atoms with Crippen molar-refractivity contribution >= 4 is 23.8 Å². The van der Waals surface area contributed by atoms with Gasteiger partial charge in [0, 0.05) is 0 Å². The summed E-state index contributed by atoms with van der Waals surface area (Å²) in [4.78, 5) is 22.9. The Morgan fingerprint density at radius 1 is 1.35 bits per heavy atom. The van der Waals surface area contributed by atoms with Gasteiger partial charge in [-0.2, -0.15) is 4.68 Å². The highest BCUT2D eigenvalue weighted by Gasteiger charge is 2.14. The molecule has 122 valence electrons. The summed E-state index contributed by atoms with van der Waals surface area (Å²) in [7, 11) is 0. The average Bonchev–Trinajstić information content (AvgIpc) is 2.96. The predicted molar refractivity (Wildman–Crippen MR) is 84.5 cm³/mol. The number of carbonyl (C=O) groups excluding carboxylic acids is 2. The van der Waals surface area contributed by atoms with Crippen LogP contribution in [0.15, 0.2) is 23.4 Å². The molecular weight excluding hydrogens is 318 g/mol. The van der Waals surface area contributed by atoms with Gasteiger partial charge in [-0.05, 0) is 48.4 Å². The summed E-state index contributed by atoms with van der Waals surface area (Å²) < 4.78 is 6.22. The van der Waals surface area contributed by atoms with Gasteiger partial charge >= 0.3 is 6.09 Å². The number of thioether (sulfide) groups is 1. The fourth-order valence-electron chi connectivity index (χ4n) is 1.81. The van der Waals surface area contributed by atoms with Crippen molar-refractivity contribution in [2.24, 2.45) is 0 Å². The van der Waals surface area contributed by atoms with Gasteiger partial charge < -0.3 is 4.74 Å². The lowest BCUT2D eigenvalue weighted by Crippen LogP contribution is -2.32. The molecule has 0 saturated heterocycles. The normalized spacial score (nSPS) is 10.4. The topological polar surface area (TPSA) is 99.0 Å². The van der Waals surface area contributed by atoms with Gasteiger partial charge in [0.2, 0.25) is 11.1 Å². The number of imide groups is 1. The second-order valence-electron chi connectivity index (χ2n) is 4.72. The first-order chi connectivity index (χ1) is 11.0. The van der Waals surface area contributed by atoms with Gasteiger partial charge in [-0.3, -0.25) is 10.1 Å². The van der Waals surface area contributed by atoms with Crippen LogP contribution in [0.25, 0.3) is 5.69 Å². The molecule has 0 bridgehead atoms. The first kappa shape index (κ1) is 16.9. The van der Waals surface area contributed by atoms with Crippen molar-refractivity contribution in [1.82, 2.24) is 25.5 Å². The number of nitrogens with zero attached hydrogens (tertiary/aromatic N) is 4. The van der Waals surface area contributed by atoms with Crippen LogP contribution in [0.2, 0.25) is 0 Å². The van der Waals surface area contributed by atoms with Crippen molar-refractivity contribution in [3.05, 3.63) is 29.3 Å². The van der Waals surface area contributed by atoms with E-state index in [9.17, 15) is 9.59 Å². The number of amides is 2. The second-order valence-corrected chi connectivity index (χ2v) is 5.66. The van der Waals surface area contributed by atoms with Crippen LogP contribution in [-0.4, -0.2) is 44.6 Å². The largest absolute Gasteiger partial charge is 0.450 e. The zero-order valence-corrected chi connectivity index (χ0v) is 13.9. The van der Waals surface area contributed by atoms with Crippen molar-refractivity contribution in [3.63, 3.8) is 0 Å². The number of hydrogen-bond donors (Lipinski definition) is 1. The molecule has 8 nitrogen and oxygen atoms in total. The molecule has 0 atom stereocenters. The predicted octanol–water partition coefficient (Wildman–Crippen LogP) is 1.64. The van der Waals surface area contributed by atoms with Crippen LogP contribution in [0.5, 0.6) is 0 Å². The molecule has 0 unspecified atom stereocenters. The van der Waals surface area contributed by atoms with Crippen molar-refractivity contribution in [2.75, 3.05) is 12.4 Å². The molecule has 0 fully saturated rings.